The van der Waals surface area contributed by atoms with E-state index in [9.17, 15) is 8.42 Å². The van der Waals surface area contributed by atoms with Gasteiger partial charge in [0.25, 0.3) is 0 Å². The minimum atomic E-state index is -3.44. The normalized spacial score (nSPS) is 11.7. The molecule has 0 aromatic carbocycles. The first-order valence-electron chi connectivity index (χ1n) is 6.80. The maximum absolute atomic E-state index is 12.2. The predicted molar refractivity (Wildman–Crippen MR) is 84.8 cm³/mol. The Labute approximate surface area is 129 Å². The van der Waals surface area contributed by atoms with Crippen molar-refractivity contribution in [2.24, 2.45) is 0 Å². The maximum atomic E-state index is 12.2. The van der Waals surface area contributed by atoms with E-state index in [0.717, 1.165) is 30.0 Å². The summed E-state index contributed by atoms with van der Waals surface area (Å²) in [6.07, 6.45) is 4.14. The Hall–Kier alpha value is -1.28. The van der Waals surface area contributed by atoms with Gasteiger partial charge in [-0.2, -0.15) is 0 Å². The third-order valence-corrected chi connectivity index (χ3v) is 5.95. The maximum Gasteiger partial charge on any atom is 0.250 e. The fourth-order valence-electron chi connectivity index (χ4n) is 1.78. The SMILES string of the molecule is CCNCCc1ccc(S(=O)(=O)NCc2ccncc2)s1. The van der Waals surface area contributed by atoms with Crippen LogP contribution < -0.4 is 10.0 Å². The van der Waals surface area contributed by atoms with E-state index >= 15 is 0 Å². The molecule has 2 heterocycles. The Morgan fingerprint density at radius 1 is 1.19 bits per heavy atom. The van der Waals surface area contributed by atoms with E-state index in [-0.39, 0.29) is 6.54 Å². The largest absolute Gasteiger partial charge is 0.317 e. The van der Waals surface area contributed by atoms with Crippen LogP contribution in [-0.4, -0.2) is 26.5 Å². The van der Waals surface area contributed by atoms with Crippen molar-refractivity contribution in [3.63, 3.8) is 0 Å². The second-order valence-electron chi connectivity index (χ2n) is 4.50. The Bertz CT molecular complexity index is 654. The Kier molecular flexibility index (Phi) is 5.86. The zero-order chi connectivity index (χ0) is 15.1. The molecule has 0 saturated heterocycles. The second kappa shape index (κ2) is 7.65. The van der Waals surface area contributed by atoms with Crippen molar-refractivity contribution in [1.82, 2.24) is 15.0 Å². The summed E-state index contributed by atoms with van der Waals surface area (Å²) in [5, 5.41) is 3.23. The lowest BCUT2D eigenvalue weighted by atomic mass is 10.3. The third-order valence-electron chi connectivity index (χ3n) is 2.92. The summed E-state index contributed by atoms with van der Waals surface area (Å²) in [6.45, 7) is 4.10. The van der Waals surface area contributed by atoms with Gasteiger partial charge in [0.2, 0.25) is 10.0 Å². The molecule has 21 heavy (non-hydrogen) atoms. The Morgan fingerprint density at radius 3 is 2.67 bits per heavy atom. The number of hydrogen-bond acceptors (Lipinski definition) is 5. The number of nitrogens with one attached hydrogen (secondary N) is 2. The van der Waals surface area contributed by atoms with E-state index in [1.165, 1.54) is 11.3 Å². The molecule has 0 aliphatic heterocycles. The van der Waals surface area contributed by atoms with Gasteiger partial charge in [-0.05, 0) is 49.3 Å². The average Bonchev–Trinajstić information content (AvgIpc) is 2.96. The van der Waals surface area contributed by atoms with Gasteiger partial charge in [-0.15, -0.1) is 11.3 Å². The topological polar surface area (TPSA) is 71.1 Å². The molecule has 0 spiro atoms. The molecule has 0 fully saturated rings. The van der Waals surface area contributed by atoms with Crippen LogP contribution in [0.25, 0.3) is 0 Å². The van der Waals surface area contributed by atoms with E-state index in [1.54, 1.807) is 30.6 Å². The van der Waals surface area contributed by atoms with Crippen LogP contribution in [0.3, 0.4) is 0 Å². The molecule has 0 saturated carbocycles. The van der Waals surface area contributed by atoms with E-state index in [2.05, 4.69) is 15.0 Å². The molecular formula is C14H19N3O2S2. The zero-order valence-corrected chi connectivity index (χ0v) is 13.5. The van der Waals surface area contributed by atoms with Crippen molar-refractivity contribution in [2.75, 3.05) is 13.1 Å². The molecule has 0 atom stereocenters. The van der Waals surface area contributed by atoms with Gasteiger partial charge in [0.15, 0.2) is 0 Å². The molecule has 2 aromatic rings. The smallest absolute Gasteiger partial charge is 0.250 e. The number of hydrogen-bond donors (Lipinski definition) is 2. The molecule has 114 valence electrons. The monoisotopic (exact) mass is 325 g/mol. The fourth-order valence-corrected chi connectivity index (χ4v) is 4.19. The highest BCUT2D eigenvalue weighted by Crippen LogP contribution is 2.21. The molecule has 0 bridgehead atoms. The first-order chi connectivity index (χ1) is 10.1. The van der Waals surface area contributed by atoms with Crippen molar-refractivity contribution in [1.29, 1.82) is 0 Å². The number of sulfonamides is 1. The van der Waals surface area contributed by atoms with Gasteiger partial charge in [0.1, 0.15) is 4.21 Å². The van der Waals surface area contributed by atoms with Crippen molar-refractivity contribution in [2.45, 2.75) is 24.1 Å². The minimum absolute atomic E-state index is 0.273. The zero-order valence-electron chi connectivity index (χ0n) is 11.9. The van der Waals surface area contributed by atoms with Crippen LogP contribution in [0.15, 0.2) is 40.9 Å². The Balaban J connectivity index is 1.96. The van der Waals surface area contributed by atoms with E-state index in [1.807, 2.05) is 13.0 Å². The lowest BCUT2D eigenvalue weighted by Crippen LogP contribution is -2.22. The average molecular weight is 325 g/mol. The molecule has 2 N–H and O–H groups in total. The van der Waals surface area contributed by atoms with Gasteiger partial charge in [0, 0.05) is 23.8 Å². The summed E-state index contributed by atoms with van der Waals surface area (Å²) in [7, 11) is -3.44. The molecule has 0 aliphatic carbocycles. The third kappa shape index (κ3) is 4.89. The van der Waals surface area contributed by atoms with Gasteiger partial charge >= 0.3 is 0 Å². The summed E-state index contributed by atoms with van der Waals surface area (Å²) in [6, 6.07) is 7.13. The molecule has 7 heteroatoms. The first-order valence-corrected chi connectivity index (χ1v) is 9.10. The summed E-state index contributed by atoms with van der Waals surface area (Å²) in [4.78, 5) is 4.98. The van der Waals surface area contributed by atoms with E-state index in [4.69, 9.17) is 0 Å². The number of thiophene rings is 1. The van der Waals surface area contributed by atoms with Gasteiger partial charge < -0.3 is 5.32 Å². The number of rotatable bonds is 8. The number of aromatic nitrogens is 1. The van der Waals surface area contributed by atoms with Gasteiger partial charge in [-0.25, -0.2) is 13.1 Å². The van der Waals surface area contributed by atoms with Crippen LogP contribution in [0.2, 0.25) is 0 Å². The minimum Gasteiger partial charge on any atom is -0.317 e. The number of pyridine rings is 1. The molecule has 0 radical (unpaired) electrons. The van der Waals surface area contributed by atoms with Crippen LogP contribution in [0.1, 0.15) is 17.4 Å². The quantitative estimate of drug-likeness (QED) is 0.726. The van der Waals surface area contributed by atoms with Crippen LogP contribution in [0.4, 0.5) is 0 Å². The van der Waals surface area contributed by atoms with Crippen molar-refractivity contribution in [3.8, 4) is 0 Å². The molecule has 0 unspecified atom stereocenters. The van der Waals surface area contributed by atoms with Crippen LogP contribution in [-0.2, 0) is 23.0 Å². The van der Waals surface area contributed by atoms with Gasteiger partial charge in [-0.3, -0.25) is 4.98 Å². The van der Waals surface area contributed by atoms with Crippen molar-refractivity contribution >= 4 is 21.4 Å². The lowest BCUT2D eigenvalue weighted by Gasteiger charge is -2.04. The van der Waals surface area contributed by atoms with Crippen LogP contribution in [0, 0.1) is 0 Å². The molecule has 0 amide bonds. The van der Waals surface area contributed by atoms with Crippen molar-refractivity contribution < 1.29 is 8.42 Å². The molecule has 0 aliphatic rings. The summed E-state index contributed by atoms with van der Waals surface area (Å²) in [5.41, 5.74) is 0.887. The fraction of sp³-hybridized carbons (Fsp3) is 0.357. The molecule has 2 rings (SSSR count). The number of likely N-dealkylation sites (N-methyl/N-ethyl adjacent to an activating group) is 1. The van der Waals surface area contributed by atoms with Gasteiger partial charge in [-0.1, -0.05) is 6.92 Å². The standard InChI is InChI=1S/C14H19N3O2S2/c1-2-15-10-7-13-3-4-14(20-13)21(18,19)17-11-12-5-8-16-9-6-12/h3-6,8-9,15,17H,2,7,10-11H2,1H3. The van der Waals surface area contributed by atoms with Crippen LogP contribution >= 0.6 is 11.3 Å². The van der Waals surface area contributed by atoms with Gasteiger partial charge in [0.05, 0.1) is 0 Å². The van der Waals surface area contributed by atoms with E-state index < -0.39 is 10.0 Å². The summed E-state index contributed by atoms with van der Waals surface area (Å²) >= 11 is 1.32. The molecule has 5 nitrogen and oxygen atoms in total. The summed E-state index contributed by atoms with van der Waals surface area (Å²) in [5.74, 6) is 0. The number of nitrogens with zero attached hydrogens (tertiary/aromatic N) is 1. The second-order valence-corrected chi connectivity index (χ2v) is 7.67. The highest BCUT2D eigenvalue weighted by atomic mass is 32.2. The highest BCUT2D eigenvalue weighted by Gasteiger charge is 2.16. The molecule has 2 aromatic heterocycles. The molecular weight excluding hydrogens is 306 g/mol. The lowest BCUT2D eigenvalue weighted by molar-refractivity contribution is 0.583. The highest BCUT2D eigenvalue weighted by molar-refractivity contribution is 7.91. The Morgan fingerprint density at radius 2 is 1.95 bits per heavy atom. The first kappa shape index (κ1) is 16.1. The predicted octanol–water partition coefficient (Wildman–Crippen LogP) is 1.77. The van der Waals surface area contributed by atoms with Crippen LogP contribution in [0.5, 0.6) is 0 Å². The van der Waals surface area contributed by atoms with E-state index in [0.29, 0.717) is 4.21 Å². The van der Waals surface area contributed by atoms with Crippen molar-refractivity contribution in [3.05, 3.63) is 47.1 Å². The summed E-state index contributed by atoms with van der Waals surface area (Å²) < 4.78 is 27.4.